The number of rotatable bonds is 2. The van der Waals surface area contributed by atoms with E-state index in [0.29, 0.717) is 0 Å². The number of hydrogen-bond acceptors (Lipinski definition) is 3. The second-order valence-electron chi connectivity index (χ2n) is 2.37. The van der Waals surface area contributed by atoms with E-state index in [1.54, 1.807) is 0 Å². The lowest BCUT2D eigenvalue weighted by Gasteiger charge is -1.98. The van der Waals surface area contributed by atoms with E-state index < -0.39 is 17.6 Å². The molecule has 4 nitrogen and oxygen atoms in total. The van der Waals surface area contributed by atoms with Gasteiger partial charge in [0.25, 0.3) is 5.78 Å². The van der Waals surface area contributed by atoms with Crippen molar-refractivity contribution in [2.45, 2.75) is 0 Å². The number of nitrogen functional groups attached to an aromatic ring is 1. The fourth-order valence-corrected chi connectivity index (χ4v) is 0.808. The molecule has 1 rings (SSSR count). The molecule has 0 aliphatic carbocycles. The molecule has 0 heterocycles. The molecular formula is C8H6FNO3. The second-order valence-corrected chi connectivity index (χ2v) is 2.37. The van der Waals surface area contributed by atoms with Crippen LogP contribution in [0.2, 0.25) is 0 Å². The lowest BCUT2D eigenvalue weighted by atomic mass is 10.1. The molecule has 1 aromatic rings. The van der Waals surface area contributed by atoms with Crippen LogP contribution in [0, 0.1) is 5.82 Å². The molecule has 0 unspecified atom stereocenters. The summed E-state index contributed by atoms with van der Waals surface area (Å²) in [6, 6.07) is 3.01. The molecule has 68 valence electrons. The number of nitrogens with two attached hydrogens (primary N) is 1. The molecule has 0 aliphatic heterocycles. The fourth-order valence-electron chi connectivity index (χ4n) is 0.808. The zero-order valence-electron chi connectivity index (χ0n) is 6.45. The molecule has 0 aliphatic rings. The van der Waals surface area contributed by atoms with Crippen molar-refractivity contribution in [1.82, 2.24) is 0 Å². The number of carbonyl (C=O) groups is 2. The summed E-state index contributed by atoms with van der Waals surface area (Å²) in [6.07, 6.45) is 0. The van der Waals surface area contributed by atoms with Gasteiger partial charge in [0.2, 0.25) is 0 Å². The zero-order chi connectivity index (χ0) is 10.0. The summed E-state index contributed by atoms with van der Waals surface area (Å²) < 4.78 is 12.6. The Morgan fingerprint density at radius 3 is 2.46 bits per heavy atom. The average molecular weight is 183 g/mol. The normalized spacial score (nSPS) is 9.62. The minimum absolute atomic E-state index is 0.133. The molecule has 0 saturated heterocycles. The highest BCUT2D eigenvalue weighted by Crippen LogP contribution is 2.12. The maximum atomic E-state index is 12.6. The largest absolute Gasteiger partial charge is 0.475 e. The highest BCUT2D eigenvalue weighted by molar-refractivity contribution is 6.39. The topological polar surface area (TPSA) is 80.4 Å². The minimum Gasteiger partial charge on any atom is -0.475 e. The van der Waals surface area contributed by atoms with Gasteiger partial charge in [-0.15, -0.1) is 0 Å². The van der Waals surface area contributed by atoms with Gasteiger partial charge in [-0.1, -0.05) is 0 Å². The molecule has 0 aromatic heterocycles. The summed E-state index contributed by atoms with van der Waals surface area (Å²) in [5.74, 6) is -3.38. The molecule has 0 bridgehead atoms. The molecule has 0 spiro atoms. The Labute approximate surface area is 72.8 Å². The molecule has 0 saturated carbocycles. The van der Waals surface area contributed by atoms with Crippen LogP contribution in [0.15, 0.2) is 18.2 Å². The van der Waals surface area contributed by atoms with Crippen LogP contribution in [-0.2, 0) is 4.79 Å². The number of anilines is 1. The molecule has 0 amide bonds. The molecular weight excluding hydrogens is 177 g/mol. The second kappa shape index (κ2) is 3.22. The van der Waals surface area contributed by atoms with Gasteiger partial charge in [-0.25, -0.2) is 9.18 Å². The monoisotopic (exact) mass is 183 g/mol. The third-order valence-corrected chi connectivity index (χ3v) is 1.45. The third kappa shape index (κ3) is 1.81. The van der Waals surface area contributed by atoms with Gasteiger partial charge in [0, 0.05) is 5.56 Å². The van der Waals surface area contributed by atoms with Crippen molar-refractivity contribution in [1.29, 1.82) is 0 Å². The van der Waals surface area contributed by atoms with Gasteiger partial charge >= 0.3 is 5.97 Å². The predicted octanol–water partition coefficient (Wildman–Crippen LogP) is 0.675. The quantitative estimate of drug-likeness (QED) is 0.401. The first-order valence-electron chi connectivity index (χ1n) is 3.35. The Morgan fingerprint density at radius 2 is 2.00 bits per heavy atom. The molecule has 0 atom stereocenters. The lowest BCUT2D eigenvalue weighted by Crippen LogP contribution is -2.13. The summed E-state index contributed by atoms with van der Waals surface area (Å²) in [6.45, 7) is 0. The van der Waals surface area contributed by atoms with E-state index in [-0.39, 0.29) is 11.3 Å². The van der Waals surface area contributed by atoms with Crippen LogP contribution >= 0.6 is 0 Å². The Hall–Kier alpha value is -1.91. The molecule has 13 heavy (non-hydrogen) atoms. The van der Waals surface area contributed by atoms with Crippen LogP contribution in [0.5, 0.6) is 0 Å². The number of carboxylic acid groups (broad SMARTS) is 1. The van der Waals surface area contributed by atoms with Crippen LogP contribution in [-0.4, -0.2) is 16.9 Å². The van der Waals surface area contributed by atoms with Crippen LogP contribution in [0.4, 0.5) is 10.1 Å². The number of benzene rings is 1. The smallest absolute Gasteiger partial charge is 0.377 e. The molecule has 1 aromatic carbocycles. The number of ketones is 1. The Bertz CT molecular complexity index is 376. The van der Waals surface area contributed by atoms with Crippen molar-refractivity contribution >= 4 is 17.4 Å². The number of aliphatic carboxylic acids is 1. The van der Waals surface area contributed by atoms with Crippen molar-refractivity contribution in [2.75, 3.05) is 5.73 Å². The summed E-state index contributed by atoms with van der Waals surface area (Å²) in [7, 11) is 0. The van der Waals surface area contributed by atoms with Gasteiger partial charge in [-0.2, -0.15) is 0 Å². The van der Waals surface area contributed by atoms with Crippen molar-refractivity contribution < 1.29 is 19.1 Å². The molecule has 5 heteroatoms. The molecule has 0 radical (unpaired) electrons. The number of halogens is 1. The average Bonchev–Trinajstić information content (AvgIpc) is 2.08. The van der Waals surface area contributed by atoms with Gasteiger partial charge in [-0.3, -0.25) is 4.79 Å². The fraction of sp³-hybridized carbons (Fsp3) is 0. The minimum atomic E-state index is -1.59. The van der Waals surface area contributed by atoms with Crippen LogP contribution in [0.1, 0.15) is 10.4 Å². The molecule has 0 fully saturated rings. The van der Waals surface area contributed by atoms with E-state index in [9.17, 15) is 14.0 Å². The van der Waals surface area contributed by atoms with E-state index in [1.807, 2.05) is 0 Å². The number of Topliss-reactive ketones (excluding diaryl/α,β-unsaturated/α-hetero) is 1. The van der Waals surface area contributed by atoms with E-state index in [4.69, 9.17) is 10.8 Å². The lowest BCUT2D eigenvalue weighted by molar-refractivity contribution is -0.131. The highest BCUT2D eigenvalue weighted by atomic mass is 19.1. The SMILES string of the molecule is Nc1cc(C(=O)C(=O)O)ccc1F. The Balaban J connectivity index is 3.11. The van der Waals surface area contributed by atoms with Gasteiger partial charge in [0.15, 0.2) is 0 Å². The third-order valence-electron chi connectivity index (χ3n) is 1.45. The van der Waals surface area contributed by atoms with Crippen molar-refractivity contribution in [3.63, 3.8) is 0 Å². The highest BCUT2D eigenvalue weighted by Gasteiger charge is 2.15. The summed E-state index contributed by atoms with van der Waals surface area (Å²) in [4.78, 5) is 21.0. The van der Waals surface area contributed by atoms with Crippen molar-refractivity contribution in [3.05, 3.63) is 29.6 Å². The zero-order valence-corrected chi connectivity index (χ0v) is 6.45. The van der Waals surface area contributed by atoms with Crippen molar-refractivity contribution in [2.24, 2.45) is 0 Å². The Morgan fingerprint density at radius 1 is 1.38 bits per heavy atom. The van der Waals surface area contributed by atoms with Gasteiger partial charge < -0.3 is 10.8 Å². The van der Waals surface area contributed by atoms with Crippen LogP contribution in [0.25, 0.3) is 0 Å². The van der Waals surface area contributed by atoms with Gasteiger partial charge in [-0.05, 0) is 18.2 Å². The van der Waals surface area contributed by atoms with E-state index in [1.165, 1.54) is 0 Å². The van der Waals surface area contributed by atoms with E-state index >= 15 is 0 Å². The van der Waals surface area contributed by atoms with Crippen LogP contribution < -0.4 is 5.73 Å². The van der Waals surface area contributed by atoms with E-state index in [0.717, 1.165) is 18.2 Å². The number of hydrogen-bond donors (Lipinski definition) is 2. The van der Waals surface area contributed by atoms with Crippen molar-refractivity contribution in [3.8, 4) is 0 Å². The molecule has 3 N–H and O–H groups in total. The van der Waals surface area contributed by atoms with Gasteiger partial charge in [0.1, 0.15) is 5.82 Å². The first-order valence-corrected chi connectivity index (χ1v) is 3.35. The first-order chi connectivity index (χ1) is 6.02. The Kier molecular flexibility index (Phi) is 2.27. The summed E-state index contributed by atoms with van der Waals surface area (Å²) in [5.41, 5.74) is 4.76. The maximum absolute atomic E-state index is 12.6. The summed E-state index contributed by atoms with van der Waals surface area (Å²) in [5, 5.41) is 8.31. The standard InChI is InChI=1S/C8H6FNO3/c9-5-2-1-4(3-6(5)10)7(11)8(12)13/h1-3H,10H2,(H,12,13). The summed E-state index contributed by atoms with van der Waals surface area (Å²) >= 11 is 0. The van der Waals surface area contributed by atoms with Gasteiger partial charge in [0.05, 0.1) is 5.69 Å². The first kappa shape index (κ1) is 9.18. The maximum Gasteiger partial charge on any atom is 0.377 e. The predicted molar refractivity (Wildman–Crippen MR) is 42.8 cm³/mol. The van der Waals surface area contributed by atoms with Crippen LogP contribution in [0.3, 0.4) is 0 Å². The number of carboxylic acids is 1. The number of carbonyl (C=O) groups excluding carboxylic acids is 1. The van der Waals surface area contributed by atoms with E-state index in [2.05, 4.69) is 0 Å².